The summed E-state index contributed by atoms with van der Waals surface area (Å²) >= 11 is 0. The van der Waals surface area contributed by atoms with E-state index < -0.39 is 0 Å². The number of epoxide rings is 1. The van der Waals surface area contributed by atoms with Crippen LogP contribution in [0, 0.1) is 10.8 Å². The van der Waals surface area contributed by atoms with Gasteiger partial charge in [0, 0.05) is 0 Å². The molecule has 84 valence electrons. The third-order valence-corrected chi connectivity index (χ3v) is 2.71. The lowest BCUT2D eigenvalue weighted by atomic mass is 9.80. The molecular formula is C13H26O. The van der Waals surface area contributed by atoms with Crippen molar-refractivity contribution in [2.45, 2.75) is 73.0 Å². The lowest BCUT2D eigenvalue weighted by Crippen LogP contribution is -2.22. The first kappa shape index (κ1) is 12.0. The Morgan fingerprint density at radius 3 is 1.86 bits per heavy atom. The maximum absolute atomic E-state index is 5.86. The fourth-order valence-electron chi connectivity index (χ4n) is 2.31. The highest BCUT2D eigenvalue weighted by molar-refractivity contribution is 5.02. The van der Waals surface area contributed by atoms with Crippen LogP contribution in [0.15, 0.2) is 0 Å². The van der Waals surface area contributed by atoms with E-state index in [-0.39, 0.29) is 5.60 Å². The van der Waals surface area contributed by atoms with E-state index in [4.69, 9.17) is 4.74 Å². The molecule has 2 atom stereocenters. The summed E-state index contributed by atoms with van der Waals surface area (Å²) in [6.07, 6.45) is 2.84. The predicted molar refractivity (Wildman–Crippen MR) is 61.4 cm³/mol. The normalized spacial score (nSPS) is 33.2. The van der Waals surface area contributed by atoms with Crippen LogP contribution in [-0.2, 0) is 4.74 Å². The van der Waals surface area contributed by atoms with Gasteiger partial charge in [0.2, 0.25) is 0 Å². The van der Waals surface area contributed by atoms with Crippen LogP contribution in [0.1, 0.15) is 61.3 Å². The van der Waals surface area contributed by atoms with Crippen molar-refractivity contribution in [1.29, 1.82) is 0 Å². The van der Waals surface area contributed by atoms with Gasteiger partial charge in [0.05, 0.1) is 11.7 Å². The van der Waals surface area contributed by atoms with Crippen LogP contribution < -0.4 is 0 Å². The van der Waals surface area contributed by atoms with Gasteiger partial charge in [-0.25, -0.2) is 0 Å². The molecule has 1 aliphatic rings. The zero-order valence-corrected chi connectivity index (χ0v) is 10.9. The van der Waals surface area contributed by atoms with E-state index in [2.05, 4.69) is 48.5 Å². The Hall–Kier alpha value is -0.0400. The molecule has 1 rings (SSSR count). The summed E-state index contributed by atoms with van der Waals surface area (Å²) in [5, 5.41) is 0. The Balaban J connectivity index is 2.44. The number of hydrogen-bond acceptors (Lipinski definition) is 1. The van der Waals surface area contributed by atoms with Crippen LogP contribution in [0.5, 0.6) is 0 Å². The number of rotatable bonds is 2. The highest BCUT2D eigenvalue weighted by Crippen LogP contribution is 2.49. The monoisotopic (exact) mass is 198 g/mol. The Bertz CT molecular complexity index is 206. The molecule has 0 aromatic heterocycles. The second-order valence-corrected chi connectivity index (χ2v) is 7.42. The van der Waals surface area contributed by atoms with Crippen molar-refractivity contribution in [3.63, 3.8) is 0 Å². The van der Waals surface area contributed by atoms with E-state index in [0.29, 0.717) is 16.9 Å². The van der Waals surface area contributed by atoms with Crippen molar-refractivity contribution in [2.75, 3.05) is 0 Å². The van der Waals surface area contributed by atoms with Crippen LogP contribution in [0.25, 0.3) is 0 Å². The molecule has 2 unspecified atom stereocenters. The van der Waals surface area contributed by atoms with E-state index in [9.17, 15) is 0 Å². The van der Waals surface area contributed by atoms with E-state index in [0.717, 1.165) is 0 Å². The number of hydrogen-bond donors (Lipinski definition) is 0. The minimum Gasteiger partial charge on any atom is -0.366 e. The lowest BCUT2D eigenvalue weighted by molar-refractivity contribution is 0.224. The van der Waals surface area contributed by atoms with E-state index in [1.165, 1.54) is 12.8 Å². The van der Waals surface area contributed by atoms with Crippen LogP contribution in [-0.4, -0.2) is 11.7 Å². The molecule has 1 heteroatoms. The summed E-state index contributed by atoms with van der Waals surface area (Å²) in [5.74, 6) is 0. The smallest absolute Gasteiger partial charge is 0.0925 e. The third-order valence-electron chi connectivity index (χ3n) is 2.71. The minimum absolute atomic E-state index is 0.158. The molecular weight excluding hydrogens is 172 g/mol. The SMILES string of the molecule is CC(C)(C)CC1OC1(C)CC(C)(C)C. The molecule has 1 heterocycles. The average Bonchev–Trinajstić information content (AvgIpc) is 2.29. The van der Waals surface area contributed by atoms with Crippen LogP contribution in [0.4, 0.5) is 0 Å². The summed E-state index contributed by atoms with van der Waals surface area (Å²) in [5.41, 5.74) is 0.924. The van der Waals surface area contributed by atoms with Crippen LogP contribution >= 0.6 is 0 Å². The van der Waals surface area contributed by atoms with Gasteiger partial charge in [-0.15, -0.1) is 0 Å². The largest absolute Gasteiger partial charge is 0.366 e. The summed E-state index contributed by atoms with van der Waals surface area (Å²) in [6, 6.07) is 0. The Kier molecular flexibility index (Phi) is 2.78. The maximum atomic E-state index is 5.86. The van der Waals surface area contributed by atoms with Crippen molar-refractivity contribution < 1.29 is 4.74 Å². The van der Waals surface area contributed by atoms with Crippen molar-refractivity contribution in [3.05, 3.63) is 0 Å². The molecule has 1 saturated heterocycles. The van der Waals surface area contributed by atoms with Gasteiger partial charge in [-0.3, -0.25) is 0 Å². The molecule has 1 fully saturated rings. The molecule has 0 amide bonds. The van der Waals surface area contributed by atoms with Gasteiger partial charge in [0.15, 0.2) is 0 Å². The summed E-state index contributed by atoms with van der Waals surface area (Å²) in [4.78, 5) is 0. The maximum Gasteiger partial charge on any atom is 0.0925 e. The van der Waals surface area contributed by atoms with Gasteiger partial charge in [0.25, 0.3) is 0 Å². The quantitative estimate of drug-likeness (QED) is 0.611. The minimum atomic E-state index is 0.158. The second-order valence-electron chi connectivity index (χ2n) is 7.42. The molecule has 0 spiro atoms. The molecule has 0 saturated carbocycles. The molecule has 0 N–H and O–H groups in total. The lowest BCUT2D eigenvalue weighted by Gasteiger charge is -2.22. The predicted octanol–water partition coefficient (Wildman–Crippen LogP) is 4.02. The highest BCUT2D eigenvalue weighted by atomic mass is 16.6. The molecule has 0 aromatic carbocycles. The van der Waals surface area contributed by atoms with Gasteiger partial charge >= 0.3 is 0 Å². The first-order chi connectivity index (χ1) is 6.02. The molecule has 0 aromatic rings. The van der Waals surface area contributed by atoms with Gasteiger partial charge in [0.1, 0.15) is 0 Å². The third kappa shape index (κ3) is 3.61. The van der Waals surface area contributed by atoms with Crippen molar-refractivity contribution in [2.24, 2.45) is 10.8 Å². The summed E-state index contributed by atoms with van der Waals surface area (Å²) < 4.78 is 5.86. The van der Waals surface area contributed by atoms with E-state index >= 15 is 0 Å². The standard InChI is InChI=1S/C13H26O/c1-11(2,3)8-10-13(7,14-10)9-12(4,5)6/h10H,8-9H2,1-7H3. The fourth-order valence-corrected chi connectivity index (χ4v) is 2.31. The topological polar surface area (TPSA) is 12.5 Å². The summed E-state index contributed by atoms with van der Waals surface area (Å²) in [7, 11) is 0. The molecule has 14 heavy (non-hydrogen) atoms. The van der Waals surface area contributed by atoms with Gasteiger partial charge in [-0.2, -0.15) is 0 Å². The average molecular weight is 198 g/mol. The molecule has 0 bridgehead atoms. The molecule has 1 nitrogen and oxygen atoms in total. The Morgan fingerprint density at radius 2 is 1.50 bits per heavy atom. The van der Waals surface area contributed by atoms with Crippen molar-refractivity contribution >= 4 is 0 Å². The van der Waals surface area contributed by atoms with Crippen LogP contribution in [0.2, 0.25) is 0 Å². The summed E-state index contributed by atoms with van der Waals surface area (Å²) in [6.45, 7) is 16.0. The van der Waals surface area contributed by atoms with E-state index in [1.54, 1.807) is 0 Å². The van der Waals surface area contributed by atoms with E-state index in [1.807, 2.05) is 0 Å². The van der Waals surface area contributed by atoms with Crippen molar-refractivity contribution in [3.8, 4) is 0 Å². The van der Waals surface area contributed by atoms with Crippen molar-refractivity contribution in [1.82, 2.24) is 0 Å². The zero-order valence-electron chi connectivity index (χ0n) is 10.9. The molecule has 1 aliphatic heterocycles. The number of ether oxygens (including phenoxy) is 1. The Morgan fingerprint density at radius 1 is 1.00 bits per heavy atom. The van der Waals surface area contributed by atoms with Gasteiger partial charge in [-0.1, -0.05) is 41.5 Å². The zero-order chi connectivity index (χ0) is 11.2. The second kappa shape index (κ2) is 3.23. The Labute approximate surface area is 89.2 Å². The first-order valence-electron chi connectivity index (χ1n) is 5.70. The fraction of sp³-hybridized carbons (Fsp3) is 1.00. The highest BCUT2D eigenvalue weighted by Gasteiger charge is 2.54. The van der Waals surface area contributed by atoms with Gasteiger partial charge < -0.3 is 4.74 Å². The molecule has 0 aliphatic carbocycles. The molecule has 0 radical (unpaired) electrons. The first-order valence-corrected chi connectivity index (χ1v) is 5.70. The van der Waals surface area contributed by atoms with Crippen LogP contribution in [0.3, 0.4) is 0 Å². The van der Waals surface area contributed by atoms with Gasteiger partial charge in [-0.05, 0) is 30.6 Å².